The fourth-order valence-corrected chi connectivity index (χ4v) is 1.94. The zero-order valence-electron chi connectivity index (χ0n) is 12.7. The fourth-order valence-electron chi connectivity index (χ4n) is 1.94. The highest BCUT2D eigenvalue weighted by molar-refractivity contribution is 5.50. The third-order valence-electron chi connectivity index (χ3n) is 3.03. The largest absolute Gasteiger partial charge is 0.433 e. The van der Waals surface area contributed by atoms with Crippen molar-refractivity contribution in [3.63, 3.8) is 0 Å². The van der Waals surface area contributed by atoms with Crippen LogP contribution in [0.4, 0.5) is 19.0 Å². The van der Waals surface area contributed by atoms with Crippen LogP contribution in [0.2, 0.25) is 0 Å². The molecule has 3 heterocycles. The highest BCUT2D eigenvalue weighted by Gasteiger charge is 2.34. The van der Waals surface area contributed by atoms with Crippen molar-refractivity contribution in [2.45, 2.75) is 6.18 Å². The highest BCUT2D eigenvalue weighted by Crippen LogP contribution is 2.34. The molecular weight excluding hydrogens is 355 g/mol. The normalized spacial score (nSPS) is 11.2. The van der Waals surface area contributed by atoms with Gasteiger partial charge in [0.05, 0.1) is 0 Å². The van der Waals surface area contributed by atoms with Crippen LogP contribution in [-0.2, 0) is 6.18 Å². The van der Waals surface area contributed by atoms with Gasteiger partial charge < -0.3 is 14.9 Å². The first kappa shape index (κ1) is 17.2. The molecule has 3 aromatic heterocycles. The minimum Gasteiger partial charge on any atom is -0.430 e. The molecule has 0 spiro atoms. The highest BCUT2D eigenvalue weighted by atomic mass is 19.4. The number of aromatic nitrogens is 4. The number of nitro groups is 1. The Bertz CT molecular complexity index is 951. The predicted octanol–water partition coefficient (Wildman–Crippen LogP) is 3.65. The van der Waals surface area contributed by atoms with Crippen LogP contribution in [0.5, 0.6) is 11.6 Å². The molecule has 0 N–H and O–H groups in total. The quantitative estimate of drug-likeness (QED) is 0.515. The molecule has 0 aromatic carbocycles. The second-order valence-corrected chi connectivity index (χ2v) is 4.81. The average Bonchev–Trinajstić information content (AvgIpc) is 2.62. The van der Waals surface area contributed by atoms with Gasteiger partial charge in [-0.3, -0.25) is 4.98 Å². The summed E-state index contributed by atoms with van der Waals surface area (Å²) < 4.78 is 44.6. The molecule has 0 atom stereocenters. The number of nitrogens with zero attached hydrogens (tertiary/aromatic N) is 5. The number of alkyl halides is 3. The van der Waals surface area contributed by atoms with Gasteiger partial charge >= 0.3 is 12.0 Å². The number of hydrogen-bond acceptors (Lipinski definition) is 7. The van der Waals surface area contributed by atoms with Crippen LogP contribution in [0.25, 0.3) is 11.5 Å². The van der Waals surface area contributed by atoms with Crippen molar-refractivity contribution in [2.24, 2.45) is 0 Å². The minimum atomic E-state index is -4.77. The standard InChI is InChI=1S/C15H8F3N5O3/c16-15(17,18)11-8-12(22-13(21-11)9-4-1-2-6-19-9)26-10-5-3-7-20-14(10)23(24)25/h1-8H. The molecule has 0 aliphatic rings. The molecular formula is C15H8F3N5O3. The van der Waals surface area contributed by atoms with E-state index in [-0.39, 0.29) is 17.3 Å². The maximum atomic E-state index is 13.1. The second kappa shape index (κ2) is 6.70. The molecule has 0 aliphatic carbocycles. The zero-order valence-corrected chi connectivity index (χ0v) is 12.7. The van der Waals surface area contributed by atoms with E-state index in [2.05, 4.69) is 19.9 Å². The van der Waals surface area contributed by atoms with Crippen LogP contribution in [0.15, 0.2) is 48.8 Å². The summed E-state index contributed by atoms with van der Waals surface area (Å²) in [6.45, 7) is 0. The first-order chi connectivity index (χ1) is 12.3. The van der Waals surface area contributed by atoms with Crippen molar-refractivity contribution >= 4 is 5.82 Å². The second-order valence-electron chi connectivity index (χ2n) is 4.81. The molecule has 0 saturated carbocycles. The van der Waals surface area contributed by atoms with E-state index in [4.69, 9.17) is 4.74 Å². The van der Waals surface area contributed by atoms with Gasteiger partial charge in [0.15, 0.2) is 11.5 Å². The van der Waals surface area contributed by atoms with Gasteiger partial charge in [-0.2, -0.15) is 18.2 Å². The Labute approximate surface area is 143 Å². The Hall–Kier alpha value is -3.63. The third kappa shape index (κ3) is 3.71. The lowest BCUT2D eigenvalue weighted by atomic mass is 10.3. The molecule has 0 aliphatic heterocycles. The van der Waals surface area contributed by atoms with Crippen LogP contribution in [0.1, 0.15) is 5.69 Å². The monoisotopic (exact) mass is 363 g/mol. The van der Waals surface area contributed by atoms with Gasteiger partial charge in [-0.05, 0) is 34.2 Å². The van der Waals surface area contributed by atoms with Crippen molar-refractivity contribution in [1.82, 2.24) is 19.9 Å². The molecule has 0 fully saturated rings. The van der Waals surface area contributed by atoms with Gasteiger partial charge in [0.2, 0.25) is 11.6 Å². The number of halogens is 3. The van der Waals surface area contributed by atoms with Gasteiger partial charge in [0.1, 0.15) is 11.9 Å². The average molecular weight is 363 g/mol. The molecule has 0 unspecified atom stereocenters. The van der Waals surface area contributed by atoms with Gasteiger partial charge in [0, 0.05) is 12.3 Å². The predicted molar refractivity (Wildman–Crippen MR) is 81.2 cm³/mol. The first-order valence-corrected chi connectivity index (χ1v) is 6.99. The van der Waals surface area contributed by atoms with Crippen molar-refractivity contribution < 1.29 is 22.8 Å². The van der Waals surface area contributed by atoms with E-state index in [1.54, 1.807) is 12.1 Å². The van der Waals surface area contributed by atoms with E-state index in [1.165, 1.54) is 24.4 Å². The first-order valence-electron chi connectivity index (χ1n) is 6.99. The number of ether oxygens (including phenoxy) is 1. The Morgan fingerprint density at radius 3 is 2.46 bits per heavy atom. The summed E-state index contributed by atoms with van der Waals surface area (Å²) in [5.74, 6) is -1.86. The van der Waals surface area contributed by atoms with E-state index in [9.17, 15) is 23.3 Å². The summed E-state index contributed by atoms with van der Waals surface area (Å²) in [6, 6.07) is 7.63. The van der Waals surface area contributed by atoms with Crippen LogP contribution >= 0.6 is 0 Å². The molecule has 0 saturated heterocycles. The lowest BCUT2D eigenvalue weighted by Crippen LogP contribution is -2.10. The van der Waals surface area contributed by atoms with Crippen molar-refractivity contribution in [1.29, 1.82) is 0 Å². The van der Waals surface area contributed by atoms with E-state index in [0.29, 0.717) is 6.07 Å². The maximum Gasteiger partial charge on any atom is 0.433 e. The minimum absolute atomic E-state index is 0.0872. The topological polar surface area (TPSA) is 104 Å². The van der Waals surface area contributed by atoms with Crippen LogP contribution in [0, 0.1) is 10.1 Å². The lowest BCUT2D eigenvalue weighted by Gasteiger charge is -2.11. The Balaban J connectivity index is 2.09. The third-order valence-corrected chi connectivity index (χ3v) is 3.03. The Kier molecular flexibility index (Phi) is 4.43. The summed E-state index contributed by atoms with van der Waals surface area (Å²) in [4.78, 5) is 24.9. The zero-order chi connectivity index (χ0) is 18.7. The number of rotatable bonds is 4. The van der Waals surface area contributed by atoms with Crippen molar-refractivity contribution in [2.75, 3.05) is 0 Å². The van der Waals surface area contributed by atoms with E-state index in [0.717, 1.165) is 6.20 Å². The Morgan fingerprint density at radius 1 is 1.04 bits per heavy atom. The lowest BCUT2D eigenvalue weighted by molar-refractivity contribution is -0.390. The molecule has 3 rings (SSSR count). The Morgan fingerprint density at radius 2 is 1.81 bits per heavy atom. The molecule has 0 bridgehead atoms. The van der Waals surface area contributed by atoms with E-state index < -0.39 is 28.5 Å². The summed E-state index contributed by atoms with van der Waals surface area (Å²) in [5, 5.41) is 11.0. The van der Waals surface area contributed by atoms with Gasteiger partial charge in [-0.1, -0.05) is 6.07 Å². The molecule has 26 heavy (non-hydrogen) atoms. The molecule has 8 nitrogen and oxygen atoms in total. The van der Waals surface area contributed by atoms with Gasteiger partial charge in [-0.15, -0.1) is 0 Å². The molecule has 0 amide bonds. The summed E-state index contributed by atoms with van der Waals surface area (Å²) in [5.41, 5.74) is -1.18. The summed E-state index contributed by atoms with van der Waals surface area (Å²) >= 11 is 0. The molecule has 0 radical (unpaired) electrons. The fraction of sp³-hybridized carbons (Fsp3) is 0.0667. The summed E-state index contributed by atoms with van der Waals surface area (Å²) in [7, 11) is 0. The van der Waals surface area contributed by atoms with E-state index in [1.807, 2.05) is 0 Å². The number of hydrogen-bond donors (Lipinski definition) is 0. The van der Waals surface area contributed by atoms with Gasteiger partial charge in [-0.25, -0.2) is 4.98 Å². The number of pyridine rings is 2. The SMILES string of the molecule is O=[N+]([O-])c1ncccc1Oc1cc(C(F)(F)F)nc(-c2ccccn2)n1. The smallest absolute Gasteiger partial charge is 0.430 e. The van der Waals surface area contributed by atoms with E-state index >= 15 is 0 Å². The van der Waals surface area contributed by atoms with Crippen molar-refractivity contribution in [3.05, 3.63) is 64.6 Å². The van der Waals surface area contributed by atoms with Crippen molar-refractivity contribution in [3.8, 4) is 23.1 Å². The van der Waals surface area contributed by atoms with Crippen LogP contribution in [-0.4, -0.2) is 24.9 Å². The molecule has 3 aromatic rings. The molecule has 132 valence electrons. The summed E-state index contributed by atoms with van der Waals surface area (Å²) in [6.07, 6.45) is -2.25. The van der Waals surface area contributed by atoms with Crippen LogP contribution < -0.4 is 4.74 Å². The molecule has 11 heteroatoms. The van der Waals surface area contributed by atoms with Gasteiger partial charge in [0.25, 0.3) is 0 Å². The van der Waals surface area contributed by atoms with Crippen LogP contribution in [0.3, 0.4) is 0 Å². The maximum absolute atomic E-state index is 13.1.